The van der Waals surface area contributed by atoms with E-state index in [-0.39, 0.29) is 22.6 Å². The summed E-state index contributed by atoms with van der Waals surface area (Å²) in [7, 11) is -3.46. The standard InChI is InChI=1S/C18H23N3O3S2/c1-13-11-19-18(25-13)21-17(22)15-9-7-14(8-10-15)12-20-26(23,24)16-5-3-2-4-6-16/h2-6,11,14-15,20H,7-10,12H2,1H3,(H,19,21,22). The van der Waals surface area contributed by atoms with Crippen LogP contribution in [0.25, 0.3) is 0 Å². The van der Waals surface area contributed by atoms with Gasteiger partial charge in [0.15, 0.2) is 5.13 Å². The van der Waals surface area contributed by atoms with Crippen molar-refractivity contribution in [2.75, 3.05) is 11.9 Å². The number of aromatic nitrogens is 1. The van der Waals surface area contributed by atoms with E-state index in [0.717, 1.165) is 30.6 Å². The summed E-state index contributed by atoms with van der Waals surface area (Å²) in [5, 5.41) is 3.53. The molecule has 1 saturated carbocycles. The lowest BCUT2D eigenvalue weighted by Crippen LogP contribution is -2.33. The third kappa shape index (κ3) is 4.90. The monoisotopic (exact) mass is 393 g/mol. The molecule has 3 rings (SSSR count). The van der Waals surface area contributed by atoms with Crippen LogP contribution in [0, 0.1) is 18.8 Å². The van der Waals surface area contributed by atoms with E-state index in [2.05, 4.69) is 15.0 Å². The minimum atomic E-state index is -3.46. The third-order valence-corrected chi connectivity index (χ3v) is 6.95. The lowest BCUT2D eigenvalue weighted by Gasteiger charge is -2.27. The number of nitrogens with one attached hydrogen (secondary N) is 2. The number of carbonyl (C=O) groups excluding carboxylic acids is 1. The minimum Gasteiger partial charge on any atom is -0.302 e. The fraction of sp³-hybridized carbons (Fsp3) is 0.444. The van der Waals surface area contributed by atoms with Crippen molar-refractivity contribution in [3.05, 3.63) is 41.4 Å². The first-order valence-corrected chi connectivity index (χ1v) is 11.0. The van der Waals surface area contributed by atoms with Crippen LogP contribution in [0.5, 0.6) is 0 Å². The summed E-state index contributed by atoms with van der Waals surface area (Å²) in [4.78, 5) is 17.8. The van der Waals surface area contributed by atoms with Crippen molar-refractivity contribution in [1.82, 2.24) is 9.71 Å². The van der Waals surface area contributed by atoms with Gasteiger partial charge in [0.05, 0.1) is 4.90 Å². The van der Waals surface area contributed by atoms with Crippen LogP contribution in [0.4, 0.5) is 5.13 Å². The van der Waals surface area contributed by atoms with Crippen LogP contribution >= 0.6 is 11.3 Å². The van der Waals surface area contributed by atoms with Crippen molar-refractivity contribution in [2.24, 2.45) is 11.8 Å². The van der Waals surface area contributed by atoms with E-state index in [1.807, 2.05) is 6.92 Å². The molecule has 6 nitrogen and oxygen atoms in total. The van der Waals surface area contributed by atoms with Gasteiger partial charge < -0.3 is 5.32 Å². The second-order valence-corrected chi connectivity index (χ2v) is 9.65. The van der Waals surface area contributed by atoms with Crippen LogP contribution in [0.3, 0.4) is 0 Å². The number of carbonyl (C=O) groups is 1. The maximum atomic E-state index is 12.3. The van der Waals surface area contributed by atoms with Gasteiger partial charge in [-0.15, -0.1) is 11.3 Å². The number of aryl methyl sites for hydroxylation is 1. The molecule has 2 N–H and O–H groups in total. The van der Waals surface area contributed by atoms with Gasteiger partial charge >= 0.3 is 0 Å². The molecular formula is C18H23N3O3S2. The summed E-state index contributed by atoms with van der Waals surface area (Å²) < 4.78 is 27.2. The predicted octanol–water partition coefficient (Wildman–Crippen LogP) is 3.17. The van der Waals surface area contributed by atoms with Crippen molar-refractivity contribution in [1.29, 1.82) is 0 Å². The Hall–Kier alpha value is -1.77. The molecule has 0 unspecified atom stereocenters. The number of benzene rings is 1. The molecule has 1 fully saturated rings. The molecular weight excluding hydrogens is 370 g/mol. The van der Waals surface area contributed by atoms with Gasteiger partial charge in [-0.1, -0.05) is 18.2 Å². The predicted molar refractivity (Wildman–Crippen MR) is 103 cm³/mol. The molecule has 1 amide bonds. The number of thiazole rings is 1. The van der Waals surface area contributed by atoms with Crippen LogP contribution in [-0.2, 0) is 14.8 Å². The van der Waals surface area contributed by atoms with Crippen molar-refractivity contribution < 1.29 is 13.2 Å². The van der Waals surface area contributed by atoms with Gasteiger partial charge in [0.2, 0.25) is 15.9 Å². The molecule has 1 aliphatic carbocycles. The fourth-order valence-corrected chi connectivity index (χ4v) is 4.96. The van der Waals surface area contributed by atoms with Crippen LogP contribution in [0.2, 0.25) is 0 Å². The van der Waals surface area contributed by atoms with Gasteiger partial charge in [0, 0.05) is 23.5 Å². The summed E-state index contributed by atoms with van der Waals surface area (Å²) in [5.74, 6) is 0.253. The molecule has 1 aromatic heterocycles. The van der Waals surface area contributed by atoms with Gasteiger partial charge in [-0.2, -0.15) is 0 Å². The summed E-state index contributed by atoms with van der Waals surface area (Å²) in [6.45, 7) is 2.37. The topological polar surface area (TPSA) is 88.2 Å². The Kier molecular flexibility index (Phi) is 6.05. The number of hydrogen-bond donors (Lipinski definition) is 2. The van der Waals surface area contributed by atoms with E-state index in [1.165, 1.54) is 11.3 Å². The molecule has 0 bridgehead atoms. The SMILES string of the molecule is Cc1cnc(NC(=O)C2CCC(CNS(=O)(=O)c3ccccc3)CC2)s1. The second kappa shape index (κ2) is 8.28. The Bertz CT molecular complexity index is 842. The number of anilines is 1. The first-order valence-electron chi connectivity index (χ1n) is 8.72. The largest absolute Gasteiger partial charge is 0.302 e. The van der Waals surface area contributed by atoms with E-state index < -0.39 is 10.0 Å². The van der Waals surface area contributed by atoms with Crippen LogP contribution in [0.1, 0.15) is 30.6 Å². The molecule has 0 spiro atoms. The quantitative estimate of drug-likeness (QED) is 0.789. The molecule has 2 aromatic rings. The van der Waals surface area contributed by atoms with Crippen molar-refractivity contribution in [3.63, 3.8) is 0 Å². The van der Waals surface area contributed by atoms with Gasteiger partial charge in [-0.25, -0.2) is 18.1 Å². The van der Waals surface area contributed by atoms with Gasteiger partial charge in [0.25, 0.3) is 0 Å². The number of amides is 1. The average Bonchev–Trinajstić information content (AvgIpc) is 3.06. The summed E-state index contributed by atoms with van der Waals surface area (Å²) >= 11 is 1.47. The average molecular weight is 394 g/mol. The zero-order chi connectivity index (χ0) is 18.6. The molecule has 0 aliphatic heterocycles. The van der Waals surface area contributed by atoms with Gasteiger partial charge in [-0.3, -0.25) is 4.79 Å². The van der Waals surface area contributed by atoms with E-state index >= 15 is 0 Å². The molecule has 1 aliphatic rings. The van der Waals surface area contributed by atoms with E-state index in [9.17, 15) is 13.2 Å². The molecule has 26 heavy (non-hydrogen) atoms. The lowest BCUT2D eigenvalue weighted by atomic mass is 9.81. The highest BCUT2D eigenvalue weighted by atomic mass is 32.2. The van der Waals surface area contributed by atoms with Crippen LogP contribution < -0.4 is 10.0 Å². The fourth-order valence-electron chi connectivity index (χ4n) is 3.16. The smallest absolute Gasteiger partial charge is 0.240 e. The Morgan fingerprint density at radius 3 is 2.50 bits per heavy atom. The summed E-state index contributed by atoms with van der Waals surface area (Å²) in [5.41, 5.74) is 0. The van der Waals surface area contributed by atoms with Crippen molar-refractivity contribution in [3.8, 4) is 0 Å². The molecule has 1 aromatic carbocycles. The number of hydrogen-bond acceptors (Lipinski definition) is 5. The summed E-state index contributed by atoms with van der Waals surface area (Å²) in [6, 6.07) is 8.39. The highest BCUT2D eigenvalue weighted by Gasteiger charge is 2.27. The highest BCUT2D eigenvalue weighted by Crippen LogP contribution is 2.30. The zero-order valence-electron chi connectivity index (χ0n) is 14.6. The Morgan fingerprint density at radius 2 is 1.88 bits per heavy atom. The molecule has 1 heterocycles. The Balaban J connectivity index is 1.46. The van der Waals surface area contributed by atoms with Gasteiger partial charge in [0.1, 0.15) is 0 Å². The highest BCUT2D eigenvalue weighted by molar-refractivity contribution is 7.89. The van der Waals surface area contributed by atoms with Crippen LogP contribution in [-0.4, -0.2) is 25.9 Å². The van der Waals surface area contributed by atoms with Crippen molar-refractivity contribution in [2.45, 2.75) is 37.5 Å². The second-order valence-electron chi connectivity index (χ2n) is 6.65. The first kappa shape index (κ1) is 19.0. The molecule has 0 radical (unpaired) electrons. The molecule has 0 saturated heterocycles. The zero-order valence-corrected chi connectivity index (χ0v) is 16.3. The first-order chi connectivity index (χ1) is 12.4. The van der Waals surface area contributed by atoms with E-state index in [0.29, 0.717) is 11.7 Å². The normalized spacial score (nSPS) is 20.7. The van der Waals surface area contributed by atoms with Crippen LogP contribution in [0.15, 0.2) is 41.4 Å². The maximum Gasteiger partial charge on any atom is 0.240 e. The number of nitrogens with zero attached hydrogens (tertiary/aromatic N) is 1. The maximum absolute atomic E-state index is 12.3. The molecule has 0 atom stereocenters. The van der Waals surface area contributed by atoms with E-state index in [1.54, 1.807) is 36.5 Å². The Morgan fingerprint density at radius 1 is 1.19 bits per heavy atom. The molecule has 140 valence electrons. The van der Waals surface area contributed by atoms with Gasteiger partial charge in [-0.05, 0) is 50.7 Å². The minimum absolute atomic E-state index is 0.0164. The third-order valence-electron chi connectivity index (χ3n) is 4.68. The molecule has 8 heteroatoms. The summed E-state index contributed by atoms with van der Waals surface area (Å²) in [6.07, 6.45) is 4.97. The number of rotatable bonds is 6. The van der Waals surface area contributed by atoms with E-state index in [4.69, 9.17) is 0 Å². The Labute approximate surface area is 158 Å². The lowest BCUT2D eigenvalue weighted by molar-refractivity contribution is -0.121. The number of sulfonamides is 1. The van der Waals surface area contributed by atoms with Crippen molar-refractivity contribution >= 4 is 32.4 Å².